The van der Waals surface area contributed by atoms with Crippen LogP contribution in [-0.4, -0.2) is 53.8 Å². The van der Waals surface area contributed by atoms with Gasteiger partial charge in [0.1, 0.15) is 0 Å². The number of nitrogens with one attached hydrogen (secondary N) is 3. The number of aliphatic hydroxyl groups is 1. The van der Waals surface area contributed by atoms with E-state index in [-0.39, 0.29) is 18.4 Å². The highest BCUT2D eigenvalue weighted by Gasteiger charge is 2.10. The van der Waals surface area contributed by atoms with Gasteiger partial charge in [0, 0.05) is 42.1 Å². The first kappa shape index (κ1) is 26.0. The fourth-order valence-corrected chi connectivity index (χ4v) is 3.19. The molecule has 9 nitrogen and oxygen atoms in total. The molecule has 1 aliphatic rings. The normalized spacial score (nSPS) is 18.8. The number of hydrogen-bond donors (Lipinski definition) is 5. The first-order chi connectivity index (χ1) is 15.9. The number of aliphatic imine (C=N–C) groups is 2. The number of carbonyl (C=O) groups is 1. The predicted molar refractivity (Wildman–Crippen MR) is 138 cm³/mol. The van der Waals surface area contributed by atoms with Gasteiger partial charge in [-0.2, -0.15) is 5.10 Å². The largest absolute Gasteiger partial charge is 0.397 e. The average molecular weight is 516 g/mol. The molecular formula is C23H30BrN7O2. The van der Waals surface area contributed by atoms with Crippen LogP contribution in [0, 0.1) is 12.8 Å². The number of nitrogens with two attached hydrogens (primary N) is 1. The molecule has 0 aliphatic carbocycles. The highest BCUT2D eigenvalue weighted by atomic mass is 79.9. The number of carbonyl (C=O) groups excluding carboxylic acids is 1. The minimum Gasteiger partial charge on any atom is -0.397 e. The third-order valence-electron chi connectivity index (χ3n) is 4.71. The molecule has 0 spiro atoms. The van der Waals surface area contributed by atoms with Crippen molar-refractivity contribution >= 4 is 52.0 Å². The molecule has 1 aliphatic heterocycles. The molecule has 6 N–H and O–H groups in total. The molecule has 0 radical (unpaired) electrons. The van der Waals surface area contributed by atoms with E-state index in [2.05, 4.69) is 53.5 Å². The van der Waals surface area contributed by atoms with Crippen LogP contribution in [0.25, 0.3) is 0 Å². The highest BCUT2D eigenvalue weighted by Crippen LogP contribution is 2.25. The first-order valence-corrected chi connectivity index (χ1v) is 11.3. The van der Waals surface area contributed by atoms with E-state index < -0.39 is 0 Å². The van der Waals surface area contributed by atoms with E-state index in [0.717, 1.165) is 35.2 Å². The van der Waals surface area contributed by atoms with E-state index in [9.17, 15) is 9.90 Å². The smallest absolute Gasteiger partial charge is 0.258 e. The van der Waals surface area contributed by atoms with E-state index >= 15 is 0 Å². The van der Waals surface area contributed by atoms with Crippen LogP contribution in [0.3, 0.4) is 0 Å². The van der Waals surface area contributed by atoms with Crippen molar-refractivity contribution in [2.75, 3.05) is 30.7 Å². The Balaban J connectivity index is 0.000000321. The molecule has 10 heteroatoms. The van der Waals surface area contributed by atoms with E-state index in [1.807, 2.05) is 19.1 Å². The van der Waals surface area contributed by atoms with Gasteiger partial charge in [0.15, 0.2) is 5.82 Å². The minimum atomic E-state index is -0.263. The lowest BCUT2D eigenvalue weighted by Crippen LogP contribution is -2.18. The van der Waals surface area contributed by atoms with Crippen LogP contribution in [0.5, 0.6) is 0 Å². The van der Waals surface area contributed by atoms with E-state index in [4.69, 9.17) is 5.73 Å². The summed E-state index contributed by atoms with van der Waals surface area (Å²) in [7, 11) is 0. The Kier molecular flexibility index (Phi) is 11.1. The number of nitrogens with zero attached hydrogens (tertiary/aromatic N) is 3. The van der Waals surface area contributed by atoms with Crippen molar-refractivity contribution in [2.24, 2.45) is 15.9 Å². The predicted octanol–water partition coefficient (Wildman–Crippen LogP) is 3.52. The summed E-state index contributed by atoms with van der Waals surface area (Å²) >= 11 is 3.29. The summed E-state index contributed by atoms with van der Waals surface area (Å²) in [6.07, 6.45) is 8.52. The van der Waals surface area contributed by atoms with Crippen molar-refractivity contribution < 1.29 is 9.90 Å². The first-order valence-electron chi connectivity index (χ1n) is 10.5. The summed E-state index contributed by atoms with van der Waals surface area (Å²) in [6.45, 7) is 6.77. The molecule has 1 aromatic heterocycles. The van der Waals surface area contributed by atoms with Crippen LogP contribution in [0.4, 0.5) is 17.2 Å². The topological polar surface area (TPSA) is 141 Å². The van der Waals surface area contributed by atoms with Crippen molar-refractivity contribution in [1.29, 1.82) is 0 Å². The molecule has 2 aromatic rings. The molecule has 1 atom stereocenters. The Morgan fingerprint density at radius 2 is 2.21 bits per heavy atom. The van der Waals surface area contributed by atoms with Gasteiger partial charge < -0.3 is 21.5 Å². The number of benzene rings is 1. The number of rotatable bonds is 4. The van der Waals surface area contributed by atoms with E-state index in [1.54, 1.807) is 36.7 Å². The van der Waals surface area contributed by atoms with Gasteiger partial charge in [-0.15, -0.1) is 0 Å². The maximum atomic E-state index is 12.3. The number of hydrogen-bond acceptors (Lipinski definition) is 7. The molecule has 0 saturated heterocycles. The van der Waals surface area contributed by atoms with Crippen LogP contribution in [-0.2, 0) is 4.79 Å². The molecule has 176 valence electrons. The number of amides is 1. The SMILES string of the molecule is C=Nc1cc(Br)ccc1N.Cc1cc(NC(=O)/C2=C/C=C/NCCC(CO)CCN=C2)n[nH]1. The van der Waals surface area contributed by atoms with Crippen LogP contribution in [0.1, 0.15) is 18.5 Å². The molecule has 0 bridgehead atoms. The molecule has 2 heterocycles. The van der Waals surface area contributed by atoms with Crippen LogP contribution >= 0.6 is 15.9 Å². The second kappa shape index (κ2) is 14.0. The van der Waals surface area contributed by atoms with Crippen molar-refractivity contribution in [3.05, 3.63) is 58.4 Å². The van der Waals surface area contributed by atoms with E-state index in [1.165, 1.54) is 0 Å². The van der Waals surface area contributed by atoms with Gasteiger partial charge in [0.25, 0.3) is 5.91 Å². The van der Waals surface area contributed by atoms with Crippen molar-refractivity contribution in [3.63, 3.8) is 0 Å². The minimum absolute atomic E-state index is 0.155. The van der Waals surface area contributed by atoms with Gasteiger partial charge in [0.05, 0.1) is 16.9 Å². The maximum absolute atomic E-state index is 12.3. The lowest BCUT2D eigenvalue weighted by molar-refractivity contribution is -0.112. The summed E-state index contributed by atoms with van der Waals surface area (Å²) in [5.41, 5.74) is 8.24. The summed E-state index contributed by atoms with van der Waals surface area (Å²) in [5.74, 6) is 0.441. The number of H-pyrrole nitrogens is 1. The van der Waals surface area contributed by atoms with Crippen molar-refractivity contribution in [3.8, 4) is 0 Å². The lowest BCUT2D eigenvalue weighted by atomic mass is 10.0. The number of aryl methyl sites for hydroxylation is 1. The van der Waals surface area contributed by atoms with E-state index in [0.29, 0.717) is 23.6 Å². The third kappa shape index (κ3) is 9.42. The molecule has 3 rings (SSSR count). The molecule has 33 heavy (non-hydrogen) atoms. The van der Waals surface area contributed by atoms with Gasteiger partial charge >= 0.3 is 0 Å². The van der Waals surface area contributed by atoms with Gasteiger partial charge in [-0.1, -0.05) is 15.9 Å². The Morgan fingerprint density at radius 3 is 2.88 bits per heavy atom. The number of aromatic nitrogens is 2. The van der Waals surface area contributed by atoms with Gasteiger partial charge in [-0.25, -0.2) is 0 Å². The Bertz CT molecular complexity index is 1010. The number of aromatic amines is 1. The number of anilines is 2. The molecule has 1 unspecified atom stereocenters. The highest BCUT2D eigenvalue weighted by molar-refractivity contribution is 9.10. The zero-order chi connectivity index (χ0) is 24.1. The lowest BCUT2D eigenvalue weighted by Gasteiger charge is -2.12. The van der Waals surface area contributed by atoms with Crippen molar-refractivity contribution in [2.45, 2.75) is 19.8 Å². The summed E-state index contributed by atoms with van der Waals surface area (Å²) < 4.78 is 0.962. The van der Waals surface area contributed by atoms with Gasteiger partial charge in [-0.05, 0) is 69.0 Å². The fourth-order valence-electron chi connectivity index (χ4n) is 2.84. The zero-order valence-electron chi connectivity index (χ0n) is 18.6. The van der Waals surface area contributed by atoms with Crippen LogP contribution in [0.2, 0.25) is 0 Å². The number of allylic oxidation sites excluding steroid dienone is 2. The van der Waals surface area contributed by atoms with Crippen LogP contribution < -0.4 is 16.4 Å². The second-order valence-corrected chi connectivity index (χ2v) is 8.26. The summed E-state index contributed by atoms with van der Waals surface area (Å²) in [5, 5.41) is 22.0. The van der Waals surface area contributed by atoms with Crippen LogP contribution in [0.15, 0.2) is 62.6 Å². The molecule has 1 aromatic carbocycles. The molecule has 0 fully saturated rings. The summed E-state index contributed by atoms with van der Waals surface area (Å²) in [6, 6.07) is 7.23. The Labute approximate surface area is 202 Å². The standard InChI is InChI=1S/C16H23N5O2.C7H7BrN2/c1-12-9-15(21-20-12)19-16(23)14-3-2-6-17-7-4-13(11-22)5-8-18-10-14;1-10-7-4-5(8)2-3-6(7)9/h2-3,6,9-10,13,17,22H,4-5,7-8,11H2,1H3,(H2,19,20,21,23);2-4H,1,9H2/b6-2+,14-3+,18-10?;. The van der Waals surface area contributed by atoms with Crippen molar-refractivity contribution in [1.82, 2.24) is 15.5 Å². The monoisotopic (exact) mass is 515 g/mol. The Morgan fingerprint density at radius 1 is 1.39 bits per heavy atom. The summed E-state index contributed by atoms with van der Waals surface area (Å²) in [4.78, 5) is 20.3. The fraction of sp³-hybridized carbons (Fsp3) is 0.304. The maximum Gasteiger partial charge on any atom is 0.258 e. The van der Waals surface area contributed by atoms with Gasteiger partial charge in [-0.3, -0.25) is 19.9 Å². The number of halogens is 1. The Hall–Kier alpha value is -3.24. The number of aliphatic hydroxyl groups excluding tert-OH is 1. The van der Waals surface area contributed by atoms with Gasteiger partial charge in [0.2, 0.25) is 0 Å². The molecule has 1 amide bonds. The molecule has 0 saturated carbocycles. The average Bonchev–Trinajstić information content (AvgIpc) is 3.20. The third-order valence-corrected chi connectivity index (χ3v) is 5.21. The molecular weight excluding hydrogens is 486 g/mol. The number of nitrogen functional groups attached to an aromatic ring is 1. The quantitative estimate of drug-likeness (QED) is 0.312. The second-order valence-electron chi connectivity index (χ2n) is 7.35. The zero-order valence-corrected chi connectivity index (χ0v) is 20.2.